The molecule has 0 aliphatic carbocycles. The van der Waals surface area contributed by atoms with Gasteiger partial charge in [0.2, 0.25) is 10.0 Å². The van der Waals surface area contributed by atoms with Crippen molar-refractivity contribution in [2.45, 2.75) is 23.8 Å². The zero-order valence-corrected chi connectivity index (χ0v) is 18.4. The van der Waals surface area contributed by atoms with Gasteiger partial charge in [0.1, 0.15) is 5.75 Å². The maximum Gasteiger partial charge on any atom is 0.262 e. The first-order valence-corrected chi connectivity index (χ1v) is 11.4. The number of nitrogens with one attached hydrogen (secondary N) is 1. The summed E-state index contributed by atoms with van der Waals surface area (Å²) in [7, 11) is 0.0625. The zero-order chi connectivity index (χ0) is 22.4. The molecule has 1 heterocycles. The van der Waals surface area contributed by atoms with E-state index < -0.39 is 10.0 Å². The summed E-state index contributed by atoms with van der Waals surface area (Å²) in [6.07, 6.45) is 1.61. The van der Waals surface area contributed by atoms with Crippen molar-refractivity contribution in [3.8, 4) is 11.8 Å². The van der Waals surface area contributed by atoms with E-state index in [0.29, 0.717) is 17.0 Å². The van der Waals surface area contributed by atoms with Gasteiger partial charge in [0.15, 0.2) is 6.61 Å². The number of hydrogen-bond acceptors (Lipinski definition) is 6. The van der Waals surface area contributed by atoms with Crippen molar-refractivity contribution in [2.24, 2.45) is 0 Å². The Labute approximate surface area is 183 Å². The fourth-order valence-corrected chi connectivity index (χ4v) is 4.82. The smallest absolute Gasteiger partial charge is 0.262 e. The van der Waals surface area contributed by atoms with Crippen molar-refractivity contribution in [2.75, 3.05) is 39.1 Å². The first-order valence-electron chi connectivity index (χ1n) is 9.99. The second-order valence-corrected chi connectivity index (χ2v) is 9.55. The number of anilines is 1. The third-order valence-corrected chi connectivity index (χ3v) is 7.29. The lowest BCUT2D eigenvalue weighted by Crippen LogP contribution is -2.44. The standard InChI is InChI=1S/C22H26N4O4S/c1-25-13-11-19(12-14-25)26(2)31(28,29)21-9-5-18(6-10-21)24-22(27)16-30-20-7-3-17(15-23)4-8-20/h3-10,19H,11-14,16H2,1-2H3,(H,24,27). The van der Waals surface area contributed by atoms with Gasteiger partial charge in [-0.3, -0.25) is 4.79 Å². The van der Waals surface area contributed by atoms with Gasteiger partial charge in [-0.25, -0.2) is 8.42 Å². The Kier molecular flexibility index (Phi) is 7.28. The van der Waals surface area contributed by atoms with Crippen LogP contribution in [0.4, 0.5) is 5.69 Å². The summed E-state index contributed by atoms with van der Waals surface area (Å²) in [6, 6.07) is 14.6. The number of carbonyl (C=O) groups is 1. The van der Waals surface area contributed by atoms with Gasteiger partial charge in [-0.05, 0) is 81.5 Å². The van der Waals surface area contributed by atoms with Crippen molar-refractivity contribution >= 4 is 21.6 Å². The number of benzene rings is 2. The van der Waals surface area contributed by atoms with Crippen LogP contribution >= 0.6 is 0 Å². The number of carbonyl (C=O) groups excluding carboxylic acids is 1. The number of sulfonamides is 1. The van der Waals surface area contributed by atoms with Crippen LogP contribution in [-0.4, -0.2) is 63.4 Å². The molecule has 2 aromatic carbocycles. The van der Waals surface area contributed by atoms with Gasteiger partial charge in [-0.1, -0.05) is 0 Å². The van der Waals surface area contributed by atoms with Gasteiger partial charge in [-0.2, -0.15) is 9.57 Å². The molecule has 8 nitrogen and oxygen atoms in total. The fraction of sp³-hybridized carbons (Fsp3) is 0.364. The lowest BCUT2D eigenvalue weighted by Gasteiger charge is -2.34. The molecule has 2 aromatic rings. The molecular weight excluding hydrogens is 416 g/mol. The highest BCUT2D eigenvalue weighted by atomic mass is 32.2. The maximum atomic E-state index is 12.9. The average molecular weight is 443 g/mol. The van der Waals surface area contributed by atoms with Gasteiger partial charge in [0, 0.05) is 18.8 Å². The molecule has 0 bridgehead atoms. The summed E-state index contributed by atoms with van der Waals surface area (Å²) in [5.74, 6) is 0.107. The highest BCUT2D eigenvalue weighted by Crippen LogP contribution is 2.23. The van der Waals surface area contributed by atoms with E-state index in [2.05, 4.69) is 10.2 Å². The summed E-state index contributed by atoms with van der Waals surface area (Å²) in [6.45, 7) is 1.55. The maximum absolute atomic E-state index is 12.9. The van der Waals surface area contributed by atoms with E-state index in [9.17, 15) is 13.2 Å². The molecule has 1 aliphatic rings. The van der Waals surface area contributed by atoms with E-state index in [1.54, 1.807) is 43.4 Å². The van der Waals surface area contributed by atoms with Crippen molar-refractivity contribution in [1.29, 1.82) is 5.26 Å². The third kappa shape index (κ3) is 5.82. The molecule has 9 heteroatoms. The Balaban J connectivity index is 1.56. The predicted molar refractivity (Wildman–Crippen MR) is 117 cm³/mol. The van der Waals surface area contributed by atoms with Gasteiger partial charge in [-0.15, -0.1) is 0 Å². The van der Waals surface area contributed by atoms with Crippen LogP contribution in [0.2, 0.25) is 0 Å². The number of nitrogens with zero attached hydrogens (tertiary/aromatic N) is 3. The summed E-state index contributed by atoms with van der Waals surface area (Å²) in [5, 5.41) is 11.5. The molecule has 1 saturated heterocycles. The van der Waals surface area contributed by atoms with Crippen LogP contribution in [-0.2, 0) is 14.8 Å². The van der Waals surface area contributed by atoms with Crippen molar-refractivity contribution in [3.05, 3.63) is 54.1 Å². The molecule has 0 radical (unpaired) electrons. The summed E-state index contributed by atoms with van der Waals surface area (Å²) in [5.41, 5.74) is 0.989. The molecule has 0 aromatic heterocycles. The van der Waals surface area contributed by atoms with Crippen LogP contribution in [0.5, 0.6) is 5.75 Å². The van der Waals surface area contributed by atoms with Crippen molar-refractivity contribution in [3.63, 3.8) is 0 Å². The number of nitriles is 1. The van der Waals surface area contributed by atoms with Crippen molar-refractivity contribution < 1.29 is 17.9 Å². The topological polar surface area (TPSA) is 103 Å². The molecule has 1 fully saturated rings. The van der Waals surface area contributed by atoms with Crippen molar-refractivity contribution in [1.82, 2.24) is 9.21 Å². The van der Waals surface area contributed by atoms with Crippen LogP contribution in [0, 0.1) is 11.3 Å². The second-order valence-electron chi connectivity index (χ2n) is 7.55. The largest absolute Gasteiger partial charge is 0.484 e. The van der Waals surface area contributed by atoms with Crippen LogP contribution in [0.25, 0.3) is 0 Å². The molecule has 1 N–H and O–H groups in total. The molecule has 1 aliphatic heterocycles. The van der Waals surface area contributed by atoms with Crippen LogP contribution in [0.3, 0.4) is 0 Å². The van der Waals surface area contributed by atoms with Crippen LogP contribution in [0.1, 0.15) is 18.4 Å². The number of hydrogen-bond donors (Lipinski definition) is 1. The first kappa shape index (κ1) is 22.7. The lowest BCUT2D eigenvalue weighted by atomic mass is 10.1. The average Bonchev–Trinajstić information content (AvgIpc) is 2.78. The number of amides is 1. The quantitative estimate of drug-likeness (QED) is 0.706. The normalized spacial score (nSPS) is 15.4. The zero-order valence-electron chi connectivity index (χ0n) is 17.6. The SMILES string of the molecule is CN1CCC(N(C)S(=O)(=O)c2ccc(NC(=O)COc3ccc(C#N)cc3)cc2)CC1. The molecular formula is C22H26N4O4S. The molecule has 0 unspecified atom stereocenters. The van der Waals surface area contributed by atoms with E-state index >= 15 is 0 Å². The van der Waals surface area contributed by atoms with E-state index in [4.69, 9.17) is 10.00 Å². The highest BCUT2D eigenvalue weighted by molar-refractivity contribution is 7.89. The minimum absolute atomic E-state index is 0.0139. The Bertz CT molecular complexity index is 1040. The Morgan fingerprint density at radius 2 is 1.77 bits per heavy atom. The molecule has 164 valence electrons. The monoisotopic (exact) mass is 442 g/mol. The first-order chi connectivity index (χ1) is 14.8. The van der Waals surface area contributed by atoms with E-state index in [-0.39, 0.29) is 23.5 Å². The van der Waals surface area contributed by atoms with Gasteiger partial charge >= 0.3 is 0 Å². The fourth-order valence-electron chi connectivity index (χ4n) is 3.40. The molecule has 0 spiro atoms. The van der Waals surface area contributed by atoms with Gasteiger partial charge in [0.05, 0.1) is 16.5 Å². The van der Waals surface area contributed by atoms with Crippen LogP contribution in [0.15, 0.2) is 53.4 Å². The molecule has 31 heavy (non-hydrogen) atoms. The van der Waals surface area contributed by atoms with E-state index in [1.807, 2.05) is 13.1 Å². The van der Waals surface area contributed by atoms with Gasteiger partial charge < -0.3 is 15.0 Å². The number of piperidine rings is 1. The molecule has 1 amide bonds. The van der Waals surface area contributed by atoms with E-state index in [1.165, 1.54) is 16.4 Å². The van der Waals surface area contributed by atoms with Crippen LogP contribution < -0.4 is 10.1 Å². The number of likely N-dealkylation sites (tertiary alicyclic amines) is 1. The number of ether oxygens (including phenoxy) is 1. The van der Waals surface area contributed by atoms with Gasteiger partial charge in [0.25, 0.3) is 5.91 Å². The molecule has 0 atom stereocenters. The number of rotatable bonds is 7. The highest BCUT2D eigenvalue weighted by Gasteiger charge is 2.30. The summed E-state index contributed by atoms with van der Waals surface area (Å²) < 4.78 is 32.7. The Hall–Kier alpha value is -2.93. The Morgan fingerprint density at radius 1 is 1.16 bits per heavy atom. The summed E-state index contributed by atoms with van der Waals surface area (Å²) in [4.78, 5) is 14.5. The minimum atomic E-state index is -3.60. The minimum Gasteiger partial charge on any atom is -0.484 e. The molecule has 0 saturated carbocycles. The van der Waals surface area contributed by atoms with E-state index in [0.717, 1.165) is 25.9 Å². The summed E-state index contributed by atoms with van der Waals surface area (Å²) >= 11 is 0. The lowest BCUT2D eigenvalue weighted by molar-refractivity contribution is -0.118. The second kappa shape index (κ2) is 9.92. The predicted octanol–water partition coefficient (Wildman–Crippen LogP) is 2.29. The third-order valence-electron chi connectivity index (χ3n) is 5.37. The molecule has 3 rings (SSSR count). The Morgan fingerprint density at radius 3 is 2.35 bits per heavy atom.